The zero-order chi connectivity index (χ0) is 12.3. The molecule has 2 aliphatic rings. The highest BCUT2D eigenvalue weighted by atomic mass is 16.2. The fourth-order valence-corrected chi connectivity index (χ4v) is 2.73. The SMILES string of the molecule is CC(=O)NCC(=O)N1CC2CCCCNC2C1. The first kappa shape index (κ1) is 12.4. The lowest BCUT2D eigenvalue weighted by Crippen LogP contribution is -2.40. The lowest BCUT2D eigenvalue weighted by Gasteiger charge is -2.17. The Morgan fingerprint density at radius 3 is 2.94 bits per heavy atom. The smallest absolute Gasteiger partial charge is 0.242 e. The summed E-state index contributed by atoms with van der Waals surface area (Å²) in [5, 5.41) is 6.08. The van der Waals surface area contributed by atoms with E-state index in [2.05, 4.69) is 10.6 Å². The highest BCUT2D eigenvalue weighted by molar-refractivity contribution is 5.83. The van der Waals surface area contributed by atoms with Gasteiger partial charge in [0, 0.05) is 26.1 Å². The zero-order valence-electron chi connectivity index (χ0n) is 10.4. The molecule has 2 fully saturated rings. The van der Waals surface area contributed by atoms with Crippen molar-refractivity contribution in [3.63, 3.8) is 0 Å². The van der Waals surface area contributed by atoms with Crippen LogP contribution in [0.1, 0.15) is 26.2 Å². The van der Waals surface area contributed by atoms with Crippen LogP contribution in [0.2, 0.25) is 0 Å². The predicted molar refractivity (Wildman–Crippen MR) is 64.4 cm³/mol. The third kappa shape index (κ3) is 3.19. The fraction of sp³-hybridized carbons (Fsp3) is 0.833. The van der Waals surface area contributed by atoms with Crippen LogP contribution in [0.5, 0.6) is 0 Å². The van der Waals surface area contributed by atoms with Crippen LogP contribution in [0.15, 0.2) is 0 Å². The number of hydrogen-bond donors (Lipinski definition) is 2. The maximum atomic E-state index is 11.9. The molecule has 2 unspecified atom stereocenters. The molecule has 2 N–H and O–H groups in total. The molecule has 0 aromatic heterocycles. The molecular formula is C12H21N3O2. The molecule has 2 heterocycles. The monoisotopic (exact) mass is 239 g/mol. The molecule has 2 saturated heterocycles. The molecule has 0 saturated carbocycles. The summed E-state index contributed by atoms with van der Waals surface area (Å²) in [7, 11) is 0. The van der Waals surface area contributed by atoms with Crippen LogP contribution in [0.4, 0.5) is 0 Å². The van der Waals surface area contributed by atoms with Crippen molar-refractivity contribution in [2.45, 2.75) is 32.2 Å². The summed E-state index contributed by atoms with van der Waals surface area (Å²) in [5.74, 6) is 0.485. The Bertz CT molecular complexity index is 292. The van der Waals surface area contributed by atoms with Crippen LogP contribution in [0.3, 0.4) is 0 Å². The van der Waals surface area contributed by atoms with Gasteiger partial charge in [0.1, 0.15) is 0 Å². The third-order valence-corrected chi connectivity index (χ3v) is 3.69. The minimum atomic E-state index is -0.148. The highest BCUT2D eigenvalue weighted by Crippen LogP contribution is 2.24. The number of fused-ring (bicyclic) bond motifs is 1. The van der Waals surface area contributed by atoms with Gasteiger partial charge in [-0.3, -0.25) is 9.59 Å². The first-order valence-electron chi connectivity index (χ1n) is 6.42. The zero-order valence-corrected chi connectivity index (χ0v) is 10.4. The molecule has 0 aliphatic carbocycles. The molecule has 5 heteroatoms. The van der Waals surface area contributed by atoms with Crippen molar-refractivity contribution in [1.29, 1.82) is 0 Å². The van der Waals surface area contributed by atoms with Gasteiger partial charge in [-0.1, -0.05) is 6.42 Å². The largest absolute Gasteiger partial charge is 0.347 e. The van der Waals surface area contributed by atoms with E-state index in [-0.39, 0.29) is 18.4 Å². The van der Waals surface area contributed by atoms with Crippen molar-refractivity contribution in [2.75, 3.05) is 26.2 Å². The Morgan fingerprint density at radius 1 is 1.35 bits per heavy atom. The van der Waals surface area contributed by atoms with E-state index in [0.29, 0.717) is 12.0 Å². The van der Waals surface area contributed by atoms with E-state index in [9.17, 15) is 9.59 Å². The van der Waals surface area contributed by atoms with Crippen molar-refractivity contribution in [3.05, 3.63) is 0 Å². The van der Waals surface area contributed by atoms with Gasteiger partial charge in [-0.25, -0.2) is 0 Å². The second-order valence-corrected chi connectivity index (χ2v) is 5.02. The minimum Gasteiger partial charge on any atom is -0.347 e. The summed E-state index contributed by atoms with van der Waals surface area (Å²) < 4.78 is 0. The van der Waals surface area contributed by atoms with Gasteiger partial charge in [0.2, 0.25) is 11.8 Å². The highest BCUT2D eigenvalue weighted by Gasteiger charge is 2.35. The van der Waals surface area contributed by atoms with Gasteiger partial charge in [0.05, 0.1) is 6.54 Å². The number of carbonyl (C=O) groups excluding carboxylic acids is 2. The second kappa shape index (κ2) is 5.49. The van der Waals surface area contributed by atoms with Gasteiger partial charge < -0.3 is 15.5 Å². The molecule has 2 rings (SSSR count). The standard InChI is InChI=1S/C12H21N3O2/c1-9(16)14-6-12(17)15-7-10-4-2-3-5-13-11(10)8-15/h10-11,13H,2-8H2,1H3,(H,14,16). The van der Waals surface area contributed by atoms with Crippen LogP contribution >= 0.6 is 0 Å². The third-order valence-electron chi connectivity index (χ3n) is 3.69. The Morgan fingerprint density at radius 2 is 2.18 bits per heavy atom. The average Bonchev–Trinajstić information content (AvgIpc) is 2.58. The quantitative estimate of drug-likeness (QED) is 0.697. The first-order chi connectivity index (χ1) is 8.16. The molecule has 2 atom stereocenters. The maximum Gasteiger partial charge on any atom is 0.242 e. The van der Waals surface area contributed by atoms with Crippen LogP contribution in [0, 0.1) is 5.92 Å². The van der Waals surface area contributed by atoms with Crippen molar-refractivity contribution in [1.82, 2.24) is 15.5 Å². The lowest BCUT2D eigenvalue weighted by molar-refractivity contribution is -0.131. The molecular weight excluding hydrogens is 218 g/mol. The number of nitrogens with one attached hydrogen (secondary N) is 2. The topological polar surface area (TPSA) is 61.4 Å². The molecule has 0 aromatic carbocycles. The molecule has 0 aromatic rings. The molecule has 96 valence electrons. The summed E-state index contributed by atoms with van der Waals surface area (Å²) in [4.78, 5) is 24.5. The van der Waals surface area contributed by atoms with Gasteiger partial charge >= 0.3 is 0 Å². The van der Waals surface area contributed by atoms with Crippen LogP contribution in [-0.2, 0) is 9.59 Å². The van der Waals surface area contributed by atoms with Crippen LogP contribution in [-0.4, -0.2) is 48.9 Å². The minimum absolute atomic E-state index is 0.0371. The van der Waals surface area contributed by atoms with Gasteiger partial charge in [-0.15, -0.1) is 0 Å². The number of rotatable bonds is 2. The summed E-state index contributed by atoms with van der Waals surface area (Å²) in [6.45, 7) is 4.27. The molecule has 2 amide bonds. The lowest BCUT2D eigenvalue weighted by atomic mass is 9.99. The number of hydrogen-bond acceptors (Lipinski definition) is 3. The van der Waals surface area contributed by atoms with Gasteiger partial charge in [-0.05, 0) is 25.3 Å². The summed E-state index contributed by atoms with van der Waals surface area (Å²) in [6, 6.07) is 0.457. The van der Waals surface area contributed by atoms with Crippen molar-refractivity contribution < 1.29 is 9.59 Å². The molecule has 0 radical (unpaired) electrons. The van der Waals surface area contributed by atoms with Crippen molar-refractivity contribution >= 4 is 11.8 Å². The Labute approximate surface area is 102 Å². The van der Waals surface area contributed by atoms with Crippen molar-refractivity contribution in [3.8, 4) is 0 Å². The van der Waals surface area contributed by atoms with E-state index < -0.39 is 0 Å². The van der Waals surface area contributed by atoms with E-state index in [1.54, 1.807) is 0 Å². The molecule has 0 spiro atoms. The number of likely N-dealkylation sites (tertiary alicyclic amines) is 1. The van der Waals surface area contributed by atoms with E-state index in [1.807, 2.05) is 4.90 Å². The number of nitrogens with zero attached hydrogens (tertiary/aromatic N) is 1. The van der Waals surface area contributed by atoms with Gasteiger partial charge in [0.15, 0.2) is 0 Å². The Kier molecular flexibility index (Phi) is 3.99. The van der Waals surface area contributed by atoms with E-state index in [0.717, 1.165) is 19.6 Å². The molecule has 5 nitrogen and oxygen atoms in total. The molecule has 2 aliphatic heterocycles. The fourth-order valence-electron chi connectivity index (χ4n) is 2.73. The Hall–Kier alpha value is -1.10. The maximum absolute atomic E-state index is 11.9. The van der Waals surface area contributed by atoms with Crippen LogP contribution < -0.4 is 10.6 Å². The van der Waals surface area contributed by atoms with Crippen molar-refractivity contribution in [2.24, 2.45) is 5.92 Å². The molecule has 17 heavy (non-hydrogen) atoms. The Balaban J connectivity index is 1.84. The van der Waals surface area contributed by atoms with Gasteiger partial charge in [-0.2, -0.15) is 0 Å². The summed E-state index contributed by atoms with van der Waals surface area (Å²) in [5.41, 5.74) is 0. The molecule has 0 bridgehead atoms. The van der Waals surface area contributed by atoms with Gasteiger partial charge in [0.25, 0.3) is 0 Å². The number of amides is 2. The first-order valence-corrected chi connectivity index (χ1v) is 6.42. The van der Waals surface area contributed by atoms with E-state index in [4.69, 9.17) is 0 Å². The average molecular weight is 239 g/mol. The van der Waals surface area contributed by atoms with E-state index in [1.165, 1.54) is 26.2 Å². The van der Waals surface area contributed by atoms with E-state index >= 15 is 0 Å². The van der Waals surface area contributed by atoms with Crippen LogP contribution in [0.25, 0.3) is 0 Å². The number of carbonyl (C=O) groups is 2. The summed E-state index contributed by atoms with van der Waals surface area (Å²) in [6.07, 6.45) is 3.70. The summed E-state index contributed by atoms with van der Waals surface area (Å²) >= 11 is 0. The predicted octanol–water partition coefficient (Wildman–Crippen LogP) is -0.277. The normalized spacial score (nSPS) is 28.4. The second-order valence-electron chi connectivity index (χ2n) is 5.02.